The molecule has 0 N–H and O–H groups in total. The molecule has 0 atom stereocenters. The van der Waals surface area contributed by atoms with Gasteiger partial charge in [0.05, 0.1) is 12.1 Å². The maximum atomic E-state index is 11.6. The quantitative estimate of drug-likeness (QED) is 0.223. The Balaban J connectivity index is 0.00000163. The summed E-state index contributed by atoms with van der Waals surface area (Å²) in [6.07, 6.45) is 0. The van der Waals surface area contributed by atoms with E-state index in [0.717, 1.165) is 33.6 Å². The van der Waals surface area contributed by atoms with Gasteiger partial charge in [-0.05, 0) is 56.6 Å². The summed E-state index contributed by atoms with van der Waals surface area (Å²) in [6.45, 7) is 8.33. The summed E-state index contributed by atoms with van der Waals surface area (Å²) in [4.78, 5) is 12.6. The molecule has 1 heterocycles. The minimum atomic E-state index is -0.269. The Hall–Kier alpha value is -0.930. The number of hydrogen-bond acceptors (Lipinski definition) is 7. The Morgan fingerprint density at radius 1 is 1.38 bits per heavy atom. The van der Waals surface area contributed by atoms with Crippen LogP contribution in [0.5, 0.6) is 0 Å². The second kappa shape index (κ2) is 11.7. The summed E-state index contributed by atoms with van der Waals surface area (Å²) in [5.41, 5.74) is 2.48. The highest BCUT2D eigenvalue weighted by Crippen LogP contribution is 2.36. The number of fused-ring (bicyclic) bond motifs is 1. The molecule has 0 saturated heterocycles. The lowest BCUT2D eigenvalue weighted by atomic mass is 10.2. The predicted octanol–water partition coefficient (Wildman–Crippen LogP) is 5.13. The fourth-order valence-electron chi connectivity index (χ4n) is 2.27. The minimum absolute atomic E-state index is 0.176. The van der Waals surface area contributed by atoms with Crippen LogP contribution < -0.4 is 0 Å². The largest absolute Gasteiger partial charge is 0.465 e. The standard InChI is InChI=1S/C15H16IN3O3S2.C2H6/c1-4-21-14(20)9-18(3)23-13-6-10(2)5-11-7-12(8-17)19(15(11)13)24-22-16;1-2/h5-7H,4,9H2,1-3H3;1-2H3. The summed E-state index contributed by atoms with van der Waals surface area (Å²) in [6, 6.07) is 8.07. The third-order valence-electron chi connectivity index (χ3n) is 3.09. The molecule has 0 fully saturated rings. The van der Waals surface area contributed by atoms with Gasteiger partial charge in [-0.2, -0.15) is 5.26 Å². The van der Waals surface area contributed by atoms with Crippen molar-refractivity contribution in [2.24, 2.45) is 0 Å². The van der Waals surface area contributed by atoms with E-state index < -0.39 is 0 Å². The SMILES string of the molecule is CC.CCOC(=O)CN(C)Sc1cc(C)cc2cc(C#N)n(SOI)c12. The van der Waals surface area contributed by atoms with Gasteiger partial charge >= 0.3 is 5.97 Å². The first-order valence-electron chi connectivity index (χ1n) is 8.06. The van der Waals surface area contributed by atoms with Crippen molar-refractivity contribution >= 4 is 64.1 Å². The van der Waals surface area contributed by atoms with Gasteiger partial charge < -0.3 is 4.74 Å². The fraction of sp³-hybridized carbons (Fsp3) is 0.412. The third-order valence-corrected chi connectivity index (χ3v) is 5.11. The topological polar surface area (TPSA) is 67.5 Å². The van der Waals surface area contributed by atoms with Crippen LogP contribution in [0.25, 0.3) is 10.9 Å². The number of likely N-dealkylation sites (N-methyl/N-ethyl adjacent to an activating group) is 1. The van der Waals surface area contributed by atoms with Crippen LogP contribution in [0.3, 0.4) is 0 Å². The molecule has 0 aliphatic heterocycles. The van der Waals surface area contributed by atoms with Gasteiger partial charge in [-0.1, -0.05) is 13.8 Å². The summed E-state index contributed by atoms with van der Waals surface area (Å²) in [7, 11) is 1.83. The zero-order valence-corrected chi connectivity index (χ0v) is 19.2. The molecular weight excluding hydrogens is 485 g/mol. The number of nitrogens with zero attached hydrogens (tertiary/aromatic N) is 3. The van der Waals surface area contributed by atoms with Gasteiger partial charge in [0.2, 0.25) is 0 Å². The lowest BCUT2D eigenvalue weighted by molar-refractivity contribution is -0.142. The number of esters is 1. The molecule has 0 radical (unpaired) electrons. The van der Waals surface area contributed by atoms with Crippen molar-refractivity contribution < 1.29 is 12.0 Å². The zero-order valence-electron chi connectivity index (χ0n) is 15.4. The Labute approximate surface area is 177 Å². The molecule has 0 spiro atoms. The number of ether oxygens (including phenoxy) is 1. The molecule has 0 saturated carbocycles. The van der Waals surface area contributed by atoms with E-state index in [-0.39, 0.29) is 12.5 Å². The van der Waals surface area contributed by atoms with E-state index in [4.69, 9.17) is 7.25 Å². The monoisotopic (exact) mass is 507 g/mol. The number of aryl methyl sites for hydroxylation is 1. The first kappa shape index (κ1) is 23.1. The average molecular weight is 507 g/mol. The molecule has 26 heavy (non-hydrogen) atoms. The van der Waals surface area contributed by atoms with Crippen molar-refractivity contribution in [2.45, 2.75) is 32.6 Å². The van der Waals surface area contributed by atoms with E-state index in [0.29, 0.717) is 12.3 Å². The summed E-state index contributed by atoms with van der Waals surface area (Å²) in [5, 5.41) is 10.3. The van der Waals surface area contributed by atoms with Crippen molar-refractivity contribution in [3.63, 3.8) is 0 Å². The molecular formula is C17H22IN3O3S2. The third kappa shape index (κ3) is 6.06. The number of carbonyl (C=O) groups is 1. The molecule has 0 aliphatic rings. The van der Waals surface area contributed by atoms with Gasteiger partial charge in [0.1, 0.15) is 53.5 Å². The molecule has 0 unspecified atom stereocenters. The van der Waals surface area contributed by atoms with E-state index in [1.165, 1.54) is 11.9 Å². The molecule has 142 valence electrons. The van der Waals surface area contributed by atoms with Crippen molar-refractivity contribution in [1.82, 2.24) is 8.28 Å². The van der Waals surface area contributed by atoms with Gasteiger partial charge in [0.15, 0.2) is 0 Å². The number of benzene rings is 1. The van der Waals surface area contributed by atoms with E-state index in [1.807, 2.05) is 50.3 Å². The minimum Gasteiger partial charge on any atom is -0.465 e. The van der Waals surface area contributed by atoms with Crippen LogP contribution >= 0.6 is 47.2 Å². The molecule has 9 heteroatoms. The average Bonchev–Trinajstić information content (AvgIpc) is 2.94. The first-order chi connectivity index (χ1) is 12.5. The first-order valence-corrected chi connectivity index (χ1v) is 10.4. The van der Waals surface area contributed by atoms with Gasteiger partial charge in [0.25, 0.3) is 0 Å². The number of rotatable bonds is 7. The van der Waals surface area contributed by atoms with Crippen LogP contribution in [0.15, 0.2) is 23.1 Å². The number of hydrogen-bond donors (Lipinski definition) is 0. The van der Waals surface area contributed by atoms with E-state index >= 15 is 0 Å². The molecule has 1 aromatic heterocycles. The molecule has 1 aromatic carbocycles. The summed E-state index contributed by atoms with van der Waals surface area (Å²) in [5.74, 6) is -0.269. The van der Waals surface area contributed by atoms with Crippen LogP contribution in [0, 0.1) is 18.3 Å². The molecule has 0 aliphatic carbocycles. The van der Waals surface area contributed by atoms with Crippen LogP contribution in [0.2, 0.25) is 0 Å². The zero-order chi connectivity index (χ0) is 19.7. The maximum Gasteiger partial charge on any atom is 0.321 e. The van der Waals surface area contributed by atoms with Gasteiger partial charge in [0, 0.05) is 10.3 Å². The number of aromatic nitrogens is 1. The predicted molar refractivity (Wildman–Crippen MR) is 116 cm³/mol. The highest BCUT2D eigenvalue weighted by atomic mass is 127. The van der Waals surface area contributed by atoms with E-state index in [1.54, 1.807) is 33.9 Å². The highest BCUT2D eigenvalue weighted by molar-refractivity contribution is 14.1. The van der Waals surface area contributed by atoms with E-state index in [9.17, 15) is 10.1 Å². The smallest absolute Gasteiger partial charge is 0.321 e. The number of nitriles is 1. The molecule has 2 aromatic rings. The molecule has 0 bridgehead atoms. The second-order valence-electron chi connectivity index (χ2n) is 4.96. The summed E-state index contributed by atoms with van der Waals surface area (Å²) >= 11 is 4.30. The van der Waals surface area contributed by atoms with Crippen LogP contribution in [-0.2, 0) is 12.0 Å². The number of carbonyl (C=O) groups excluding carboxylic acids is 1. The summed E-state index contributed by atoms with van der Waals surface area (Å²) < 4.78 is 13.7. The fourth-order valence-corrected chi connectivity index (χ4v) is 4.36. The lowest BCUT2D eigenvalue weighted by Gasteiger charge is -2.16. The van der Waals surface area contributed by atoms with Gasteiger partial charge in [-0.15, -0.1) is 0 Å². The van der Waals surface area contributed by atoms with Crippen LogP contribution in [0.1, 0.15) is 32.0 Å². The Morgan fingerprint density at radius 3 is 2.65 bits per heavy atom. The van der Waals surface area contributed by atoms with Crippen LogP contribution in [-0.4, -0.2) is 34.4 Å². The lowest BCUT2D eigenvalue weighted by Crippen LogP contribution is -2.21. The Morgan fingerprint density at radius 2 is 2.08 bits per heavy atom. The molecule has 6 nitrogen and oxygen atoms in total. The highest BCUT2D eigenvalue weighted by Gasteiger charge is 2.17. The Bertz CT molecular complexity index is 790. The molecule has 0 amide bonds. The molecule has 2 rings (SSSR count). The van der Waals surface area contributed by atoms with Crippen molar-refractivity contribution in [3.05, 3.63) is 29.5 Å². The normalized spacial score (nSPS) is 10.4. The van der Waals surface area contributed by atoms with Crippen molar-refractivity contribution in [3.8, 4) is 6.07 Å². The number of halogens is 1. The van der Waals surface area contributed by atoms with E-state index in [2.05, 4.69) is 6.07 Å². The second-order valence-corrected chi connectivity index (χ2v) is 7.92. The maximum absolute atomic E-state index is 11.6. The van der Waals surface area contributed by atoms with Crippen LogP contribution in [0.4, 0.5) is 0 Å². The van der Waals surface area contributed by atoms with Crippen molar-refractivity contribution in [1.29, 1.82) is 5.26 Å². The van der Waals surface area contributed by atoms with Gasteiger partial charge in [-0.25, -0.2) is 10.8 Å². The van der Waals surface area contributed by atoms with Gasteiger partial charge in [-0.3, -0.25) is 4.79 Å². The van der Waals surface area contributed by atoms with Crippen molar-refractivity contribution in [2.75, 3.05) is 20.2 Å². The Kier molecular flexibility index (Phi) is 10.4.